The quantitative estimate of drug-likeness (QED) is 0.588. The first kappa shape index (κ1) is 19.9. The van der Waals surface area contributed by atoms with Crippen LogP contribution >= 0.6 is 0 Å². The molecule has 1 unspecified atom stereocenters. The Labute approximate surface area is 175 Å². The molecule has 0 aliphatic carbocycles. The first-order valence-electron chi connectivity index (χ1n) is 9.38. The van der Waals surface area contributed by atoms with E-state index >= 15 is 0 Å². The third-order valence-corrected chi connectivity index (χ3v) is 6.46. The normalized spacial score (nSPS) is 19.0. The van der Waals surface area contributed by atoms with E-state index in [2.05, 4.69) is 6.07 Å². The number of esters is 1. The van der Waals surface area contributed by atoms with Gasteiger partial charge in [0.1, 0.15) is 5.60 Å². The van der Waals surface area contributed by atoms with Gasteiger partial charge in [0.05, 0.1) is 23.0 Å². The fourth-order valence-corrected chi connectivity index (χ4v) is 4.50. The standard InChI is InChI=1S/C24H19NO4S/c1-24(13-14-25)22(17-9-11-20(12-10-17)30(2,27)28)21(23(26)29-24)19-8-7-16-5-3-4-6-18(16)15-19/h3-12,15H,13H2,1-2H3. The van der Waals surface area contributed by atoms with Crippen molar-refractivity contribution in [2.75, 3.05) is 6.26 Å². The summed E-state index contributed by atoms with van der Waals surface area (Å²) in [5.74, 6) is -0.495. The Morgan fingerprint density at radius 1 is 0.967 bits per heavy atom. The molecule has 0 radical (unpaired) electrons. The predicted octanol–water partition coefficient (Wildman–Crippen LogP) is 4.38. The third-order valence-electron chi connectivity index (χ3n) is 5.33. The van der Waals surface area contributed by atoms with Gasteiger partial charge in [-0.2, -0.15) is 5.26 Å². The Morgan fingerprint density at radius 3 is 2.23 bits per heavy atom. The summed E-state index contributed by atoms with van der Waals surface area (Å²) in [6.45, 7) is 1.71. The Balaban J connectivity index is 1.96. The van der Waals surface area contributed by atoms with Crippen molar-refractivity contribution in [1.29, 1.82) is 5.26 Å². The van der Waals surface area contributed by atoms with Gasteiger partial charge in [-0.1, -0.05) is 48.5 Å². The van der Waals surface area contributed by atoms with Crippen LogP contribution in [0, 0.1) is 11.3 Å². The van der Waals surface area contributed by atoms with Crippen LogP contribution < -0.4 is 0 Å². The number of hydrogen-bond acceptors (Lipinski definition) is 5. The Morgan fingerprint density at radius 2 is 1.60 bits per heavy atom. The van der Waals surface area contributed by atoms with Crippen molar-refractivity contribution in [2.45, 2.75) is 23.8 Å². The molecule has 0 bridgehead atoms. The van der Waals surface area contributed by atoms with Crippen LogP contribution in [0.15, 0.2) is 71.6 Å². The molecule has 0 spiro atoms. The van der Waals surface area contributed by atoms with Crippen LogP contribution in [0.4, 0.5) is 0 Å². The lowest BCUT2D eigenvalue weighted by Gasteiger charge is -2.24. The van der Waals surface area contributed by atoms with Gasteiger partial charge in [-0.15, -0.1) is 0 Å². The zero-order chi connectivity index (χ0) is 21.5. The molecule has 0 amide bonds. The average molecular weight is 417 g/mol. The van der Waals surface area contributed by atoms with Crippen LogP contribution in [0.1, 0.15) is 24.5 Å². The van der Waals surface area contributed by atoms with Crippen molar-refractivity contribution in [3.05, 3.63) is 77.9 Å². The highest BCUT2D eigenvalue weighted by Crippen LogP contribution is 2.46. The minimum absolute atomic E-state index is 0.0149. The van der Waals surface area contributed by atoms with E-state index in [1.54, 1.807) is 19.1 Å². The maximum atomic E-state index is 12.9. The van der Waals surface area contributed by atoms with Crippen LogP contribution in [0.5, 0.6) is 0 Å². The molecule has 1 aliphatic rings. The number of fused-ring (bicyclic) bond motifs is 1. The first-order valence-corrected chi connectivity index (χ1v) is 11.3. The van der Waals surface area contributed by atoms with E-state index in [9.17, 15) is 18.5 Å². The Kier molecular flexibility index (Phi) is 4.71. The molecule has 150 valence electrons. The lowest BCUT2D eigenvalue weighted by Crippen LogP contribution is -2.26. The van der Waals surface area contributed by atoms with E-state index in [1.807, 2.05) is 42.5 Å². The van der Waals surface area contributed by atoms with Gasteiger partial charge >= 0.3 is 5.97 Å². The van der Waals surface area contributed by atoms with Gasteiger partial charge in [0.25, 0.3) is 0 Å². The van der Waals surface area contributed by atoms with Crippen molar-refractivity contribution >= 4 is 37.7 Å². The molecule has 1 atom stereocenters. The molecule has 0 N–H and O–H groups in total. The molecule has 1 aliphatic heterocycles. The van der Waals surface area contributed by atoms with E-state index in [0.29, 0.717) is 22.3 Å². The summed E-state index contributed by atoms with van der Waals surface area (Å²) in [5.41, 5.74) is 1.20. The molecule has 0 aromatic heterocycles. The zero-order valence-electron chi connectivity index (χ0n) is 16.5. The summed E-state index contributed by atoms with van der Waals surface area (Å²) < 4.78 is 29.3. The molecule has 0 saturated heterocycles. The van der Waals surface area contributed by atoms with Gasteiger partial charge in [-0.25, -0.2) is 13.2 Å². The van der Waals surface area contributed by atoms with E-state index < -0.39 is 21.4 Å². The number of ether oxygens (including phenoxy) is 1. The second kappa shape index (κ2) is 7.12. The van der Waals surface area contributed by atoms with Gasteiger partial charge in [0, 0.05) is 11.8 Å². The van der Waals surface area contributed by atoms with Gasteiger partial charge in [-0.3, -0.25) is 0 Å². The largest absolute Gasteiger partial charge is 0.450 e. The summed E-state index contributed by atoms with van der Waals surface area (Å²) >= 11 is 0. The maximum absolute atomic E-state index is 12.9. The number of nitriles is 1. The molecule has 30 heavy (non-hydrogen) atoms. The van der Waals surface area contributed by atoms with E-state index in [0.717, 1.165) is 17.0 Å². The monoisotopic (exact) mass is 417 g/mol. The van der Waals surface area contributed by atoms with Gasteiger partial charge in [0.15, 0.2) is 9.84 Å². The lowest BCUT2D eigenvalue weighted by atomic mass is 9.84. The van der Waals surface area contributed by atoms with Crippen LogP contribution in [0.25, 0.3) is 21.9 Å². The zero-order valence-corrected chi connectivity index (χ0v) is 17.4. The molecule has 1 heterocycles. The number of hydrogen-bond donors (Lipinski definition) is 0. The van der Waals surface area contributed by atoms with Gasteiger partial charge in [0.2, 0.25) is 0 Å². The number of sulfone groups is 1. The summed E-state index contributed by atoms with van der Waals surface area (Å²) in [7, 11) is -3.35. The smallest absolute Gasteiger partial charge is 0.340 e. The SMILES string of the molecule is CC1(CC#N)OC(=O)C(c2ccc3ccccc3c2)=C1c1ccc(S(C)(=O)=O)cc1. The fraction of sp³-hybridized carbons (Fsp3) is 0.167. The second-order valence-corrected chi connectivity index (χ2v) is 9.58. The molecule has 0 fully saturated rings. The lowest BCUT2D eigenvalue weighted by molar-refractivity contribution is -0.142. The van der Waals surface area contributed by atoms with E-state index in [1.165, 1.54) is 12.1 Å². The van der Waals surface area contributed by atoms with Crippen molar-refractivity contribution in [3.63, 3.8) is 0 Å². The number of nitrogens with zero attached hydrogens (tertiary/aromatic N) is 1. The minimum atomic E-state index is -3.35. The number of carbonyl (C=O) groups excluding carboxylic acids is 1. The van der Waals surface area contributed by atoms with Crippen molar-refractivity contribution < 1.29 is 17.9 Å². The van der Waals surface area contributed by atoms with Gasteiger partial charge < -0.3 is 4.74 Å². The van der Waals surface area contributed by atoms with Crippen molar-refractivity contribution in [3.8, 4) is 6.07 Å². The Bertz CT molecular complexity index is 1350. The molecule has 3 aromatic rings. The van der Waals surface area contributed by atoms with E-state index in [-0.39, 0.29) is 11.3 Å². The molecule has 6 heteroatoms. The molecule has 3 aromatic carbocycles. The minimum Gasteiger partial charge on any atom is -0.450 e. The summed E-state index contributed by atoms with van der Waals surface area (Å²) in [6.07, 6.45) is 1.13. The topological polar surface area (TPSA) is 84.2 Å². The van der Waals surface area contributed by atoms with E-state index in [4.69, 9.17) is 4.74 Å². The molecular formula is C24H19NO4S. The molecular weight excluding hydrogens is 398 g/mol. The summed E-state index contributed by atoms with van der Waals surface area (Å²) in [4.78, 5) is 13.1. The first-order chi connectivity index (χ1) is 14.2. The third kappa shape index (κ3) is 3.38. The highest BCUT2D eigenvalue weighted by Gasteiger charge is 2.45. The highest BCUT2D eigenvalue weighted by atomic mass is 32.2. The number of carbonyl (C=O) groups is 1. The predicted molar refractivity (Wildman–Crippen MR) is 115 cm³/mol. The second-order valence-electron chi connectivity index (χ2n) is 7.56. The van der Waals surface area contributed by atoms with Crippen LogP contribution in [-0.4, -0.2) is 26.2 Å². The Hall–Kier alpha value is -3.43. The average Bonchev–Trinajstić information content (AvgIpc) is 2.97. The number of rotatable bonds is 4. The molecule has 0 saturated carbocycles. The number of cyclic esters (lactones) is 1. The van der Waals surface area contributed by atoms with Crippen molar-refractivity contribution in [1.82, 2.24) is 0 Å². The summed E-state index contributed by atoms with van der Waals surface area (Å²) in [6, 6.07) is 22.0. The molecule has 4 rings (SSSR count). The van der Waals surface area contributed by atoms with Crippen LogP contribution in [0.3, 0.4) is 0 Å². The van der Waals surface area contributed by atoms with Crippen LogP contribution in [0.2, 0.25) is 0 Å². The van der Waals surface area contributed by atoms with Crippen molar-refractivity contribution in [2.24, 2.45) is 0 Å². The maximum Gasteiger partial charge on any atom is 0.340 e. The van der Waals surface area contributed by atoms with Gasteiger partial charge in [-0.05, 0) is 47.0 Å². The molecule has 5 nitrogen and oxygen atoms in total. The highest BCUT2D eigenvalue weighted by molar-refractivity contribution is 7.90. The summed E-state index contributed by atoms with van der Waals surface area (Å²) in [5, 5.41) is 11.4. The van der Waals surface area contributed by atoms with Crippen LogP contribution in [-0.2, 0) is 19.4 Å². The fourth-order valence-electron chi connectivity index (χ4n) is 3.87. The number of benzene rings is 3.